The van der Waals surface area contributed by atoms with Crippen molar-refractivity contribution in [3.8, 4) is 11.5 Å². The van der Waals surface area contributed by atoms with Crippen LogP contribution in [0.15, 0.2) is 87.9 Å². The van der Waals surface area contributed by atoms with Gasteiger partial charge in [0.05, 0.1) is 17.3 Å². The molecule has 3 aromatic carbocycles. The highest BCUT2D eigenvalue weighted by Crippen LogP contribution is 2.39. The second-order valence-corrected chi connectivity index (χ2v) is 11.9. The number of aromatic amines is 1. The van der Waals surface area contributed by atoms with Gasteiger partial charge in [0.15, 0.2) is 17.3 Å². The monoisotopic (exact) mass is 688 g/mol. The maximum Gasteiger partial charge on any atom is 0.408 e. The molecule has 0 radical (unpaired) electrons. The van der Waals surface area contributed by atoms with Gasteiger partial charge in [-0.2, -0.15) is 0 Å². The topological polar surface area (TPSA) is 156 Å². The third kappa shape index (κ3) is 7.75. The van der Waals surface area contributed by atoms with Gasteiger partial charge < -0.3 is 34.6 Å². The van der Waals surface area contributed by atoms with E-state index in [0.29, 0.717) is 28.1 Å². The number of carbonyl (C=O) groups excluding carboxylic acids is 3. The van der Waals surface area contributed by atoms with Crippen molar-refractivity contribution in [1.82, 2.24) is 20.6 Å². The molecule has 4 N–H and O–H groups in total. The van der Waals surface area contributed by atoms with Gasteiger partial charge in [0, 0.05) is 23.2 Å². The van der Waals surface area contributed by atoms with Crippen LogP contribution in [0.25, 0.3) is 10.9 Å². The number of alkyl carbamates (subject to hydrolysis) is 1. The van der Waals surface area contributed by atoms with E-state index in [2.05, 4.69) is 36.5 Å². The molecule has 12 heteroatoms. The molecule has 2 amide bonds. The number of carbonyl (C=O) groups is 3. The van der Waals surface area contributed by atoms with E-state index in [1.54, 1.807) is 25.1 Å². The number of para-hydroxylation sites is 1. The molecule has 2 heterocycles. The van der Waals surface area contributed by atoms with Crippen LogP contribution in [0.5, 0.6) is 11.5 Å². The number of aromatic hydroxyl groups is 1. The van der Waals surface area contributed by atoms with Gasteiger partial charge in [-0.15, -0.1) is 0 Å². The molecule has 0 saturated carbocycles. The van der Waals surface area contributed by atoms with Crippen LogP contribution in [-0.4, -0.2) is 39.1 Å². The Kier molecular flexibility index (Phi) is 10.1. The molecule has 46 heavy (non-hydrogen) atoms. The Morgan fingerprint density at radius 3 is 2.39 bits per heavy atom. The lowest BCUT2D eigenvalue weighted by molar-refractivity contribution is -0.124. The lowest BCUT2D eigenvalue weighted by Crippen LogP contribution is -2.49. The molecule has 0 aliphatic carbocycles. The number of esters is 1. The molecule has 2 atom stereocenters. The number of halogens is 1. The molecular formula is C34H33BrN4O7. The van der Waals surface area contributed by atoms with E-state index < -0.39 is 30.1 Å². The molecule has 0 unspecified atom stereocenters. The smallest absolute Gasteiger partial charge is 0.408 e. The van der Waals surface area contributed by atoms with Crippen LogP contribution in [0.3, 0.4) is 0 Å². The molecule has 0 spiro atoms. The molecule has 2 aromatic heterocycles. The van der Waals surface area contributed by atoms with Crippen LogP contribution >= 0.6 is 15.9 Å². The molecule has 5 aromatic rings. The van der Waals surface area contributed by atoms with Crippen molar-refractivity contribution in [2.24, 2.45) is 5.92 Å². The Morgan fingerprint density at radius 2 is 1.72 bits per heavy atom. The highest BCUT2D eigenvalue weighted by molar-refractivity contribution is 9.10. The number of amides is 2. The van der Waals surface area contributed by atoms with Crippen LogP contribution in [0.1, 0.15) is 53.1 Å². The zero-order valence-electron chi connectivity index (χ0n) is 25.4. The maximum atomic E-state index is 14.0. The standard InChI is InChI=1S/C34H33BrN4O7/c1-19(2)28(30-31(24-10-7-11-25(35)29(24)38-30)46-33(42)27-18-44-20(3)36-27)39-32(41)26(16-21-12-14-23(40)15-13-21)37-34(43)45-17-22-8-5-4-6-9-22/h4-15,18-19,26,28,38,40H,16-17H2,1-3H3,(H,37,43)(H,39,41)/t26-,28-/m0/s1. The first-order valence-corrected chi connectivity index (χ1v) is 15.4. The minimum atomic E-state index is -1.05. The molecule has 0 fully saturated rings. The van der Waals surface area contributed by atoms with Gasteiger partial charge >= 0.3 is 12.1 Å². The van der Waals surface area contributed by atoms with Crippen molar-refractivity contribution in [2.45, 2.75) is 45.9 Å². The van der Waals surface area contributed by atoms with E-state index in [0.717, 1.165) is 10.0 Å². The summed E-state index contributed by atoms with van der Waals surface area (Å²) in [6, 6.07) is 19.3. The fourth-order valence-electron chi connectivity index (χ4n) is 4.92. The lowest BCUT2D eigenvalue weighted by Gasteiger charge is -2.26. The predicted molar refractivity (Wildman–Crippen MR) is 173 cm³/mol. The predicted octanol–water partition coefficient (Wildman–Crippen LogP) is 6.50. The van der Waals surface area contributed by atoms with Crippen molar-refractivity contribution in [1.29, 1.82) is 0 Å². The number of phenols is 1. The van der Waals surface area contributed by atoms with Gasteiger partial charge in [0.1, 0.15) is 24.7 Å². The third-order valence-corrected chi connectivity index (χ3v) is 7.92. The van der Waals surface area contributed by atoms with Crippen LogP contribution in [0, 0.1) is 12.8 Å². The zero-order valence-corrected chi connectivity index (χ0v) is 27.0. The molecule has 238 valence electrons. The summed E-state index contributed by atoms with van der Waals surface area (Å²) in [6.45, 7) is 5.47. The number of hydrogen-bond donors (Lipinski definition) is 4. The van der Waals surface area contributed by atoms with E-state index in [1.165, 1.54) is 18.4 Å². The summed E-state index contributed by atoms with van der Waals surface area (Å²) >= 11 is 3.55. The summed E-state index contributed by atoms with van der Waals surface area (Å²) < 4.78 is 17.2. The molecule has 0 aliphatic rings. The van der Waals surface area contributed by atoms with Crippen molar-refractivity contribution in [3.63, 3.8) is 0 Å². The number of fused-ring (bicyclic) bond motifs is 1. The van der Waals surface area contributed by atoms with E-state index >= 15 is 0 Å². The summed E-state index contributed by atoms with van der Waals surface area (Å²) in [7, 11) is 0. The second-order valence-electron chi connectivity index (χ2n) is 11.0. The SMILES string of the molecule is Cc1nc(C(=O)Oc2c([C@@H](NC(=O)[C@H](Cc3ccc(O)cc3)NC(=O)OCc3ccccc3)C(C)C)[nH]c3c(Br)cccc23)co1. The van der Waals surface area contributed by atoms with Crippen LogP contribution in [0.2, 0.25) is 0 Å². The normalized spacial score (nSPS) is 12.5. The summed E-state index contributed by atoms with van der Waals surface area (Å²) in [6.07, 6.45) is 0.569. The number of nitrogens with zero attached hydrogens (tertiary/aromatic N) is 1. The van der Waals surface area contributed by atoms with Gasteiger partial charge in [-0.05, 0) is 57.2 Å². The van der Waals surface area contributed by atoms with Crippen molar-refractivity contribution in [3.05, 3.63) is 112 Å². The van der Waals surface area contributed by atoms with Gasteiger partial charge in [-0.3, -0.25) is 4.79 Å². The molecule has 0 aliphatic heterocycles. The van der Waals surface area contributed by atoms with Crippen molar-refractivity contribution >= 4 is 44.8 Å². The highest BCUT2D eigenvalue weighted by atomic mass is 79.9. The van der Waals surface area contributed by atoms with Crippen LogP contribution in [-0.2, 0) is 22.6 Å². The first kappa shape index (κ1) is 32.3. The number of oxazole rings is 1. The largest absolute Gasteiger partial charge is 0.508 e. The summed E-state index contributed by atoms with van der Waals surface area (Å²) in [5.41, 5.74) is 2.62. The first-order valence-electron chi connectivity index (χ1n) is 14.6. The van der Waals surface area contributed by atoms with Gasteiger partial charge in [-0.25, -0.2) is 14.6 Å². The number of benzene rings is 3. The number of aromatic nitrogens is 2. The Hall–Kier alpha value is -5.10. The van der Waals surface area contributed by atoms with E-state index in [9.17, 15) is 19.5 Å². The zero-order chi connectivity index (χ0) is 32.8. The minimum absolute atomic E-state index is 0.00473. The number of H-pyrrole nitrogens is 1. The minimum Gasteiger partial charge on any atom is -0.508 e. The number of nitrogens with one attached hydrogen (secondary N) is 3. The number of phenolic OH excluding ortho intramolecular Hbond substituents is 1. The number of hydrogen-bond acceptors (Lipinski definition) is 8. The Morgan fingerprint density at radius 1 is 0.978 bits per heavy atom. The van der Waals surface area contributed by atoms with Gasteiger partial charge in [-0.1, -0.05) is 62.4 Å². The number of ether oxygens (including phenoxy) is 2. The average molecular weight is 690 g/mol. The fraction of sp³-hybridized carbons (Fsp3) is 0.235. The Balaban J connectivity index is 1.43. The van der Waals surface area contributed by atoms with Gasteiger partial charge in [0.2, 0.25) is 5.91 Å². The van der Waals surface area contributed by atoms with Crippen molar-refractivity contribution in [2.75, 3.05) is 0 Å². The third-order valence-electron chi connectivity index (χ3n) is 7.26. The van der Waals surface area contributed by atoms with Gasteiger partial charge in [0.25, 0.3) is 0 Å². The maximum absolute atomic E-state index is 14.0. The highest BCUT2D eigenvalue weighted by Gasteiger charge is 2.31. The fourth-order valence-corrected chi connectivity index (χ4v) is 5.38. The summed E-state index contributed by atoms with van der Waals surface area (Å²) in [5.74, 6) is -0.789. The molecule has 0 bridgehead atoms. The first-order chi connectivity index (χ1) is 22.1. The molecule has 11 nitrogen and oxygen atoms in total. The summed E-state index contributed by atoms with van der Waals surface area (Å²) in [5, 5.41) is 16.1. The number of aryl methyl sites for hydroxylation is 1. The summed E-state index contributed by atoms with van der Waals surface area (Å²) in [4.78, 5) is 47.4. The van der Waals surface area contributed by atoms with Crippen LogP contribution in [0.4, 0.5) is 4.79 Å². The second kappa shape index (κ2) is 14.3. The van der Waals surface area contributed by atoms with Crippen LogP contribution < -0.4 is 15.4 Å². The number of rotatable bonds is 11. The molecule has 5 rings (SSSR count). The lowest BCUT2D eigenvalue weighted by atomic mass is 9.98. The molecule has 0 saturated heterocycles. The molecular weight excluding hydrogens is 656 g/mol. The van der Waals surface area contributed by atoms with E-state index in [4.69, 9.17) is 13.9 Å². The quantitative estimate of drug-likeness (QED) is 0.115. The van der Waals surface area contributed by atoms with Crippen molar-refractivity contribution < 1.29 is 33.4 Å². The Bertz CT molecular complexity index is 1830. The van der Waals surface area contributed by atoms with E-state index in [1.807, 2.05) is 56.3 Å². The average Bonchev–Trinajstić information content (AvgIpc) is 3.64. The van der Waals surface area contributed by atoms with E-state index in [-0.39, 0.29) is 36.1 Å². The Labute approximate surface area is 273 Å².